The second-order valence-corrected chi connectivity index (χ2v) is 5.55. The molecule has 1 unspecified atom stereocenters. The van der Waals surface area contributed by atoms with E-state index in [1.165, 1.54) is 11.1 Å². The summed E-state index contributed by atoms with van der Waals surface area (Å²) >= 11 is 6.36. The Balaban J connectivity index is 2.08. The molecule has 0 spiro atoms. The molecule has 21 heavy (non-hydrogen) atoms. The predicted molar refractivity (Wildman–Crippen MR) is 85.9 cm³/mol. The van der Waals surface area contributed by atoms with Gasteiger partial charge in [-0.15, -0.1) is 0 Å². The zero-order valence-corrected chi connectivity index (χ0v) is 13.3. The molecule has 1 heterocycles. The zero-order valence-electron chi connectivity index (χ0n) is 12.6. The van der Waals surface area contributed by atoms with Gasteiger partial charge in [0.15, 0.2) is 0 Å². The van der Waals surface area contributed by atoms with Gasteiger partial charge < -0.3 is 10.1 Å². The molecule has 0 aliphatic carbocycles. The van der Waals surface area contributed by atoms with Crippen molar-refractivity contribution in [3.05, 3.63) is 52.8 Å². The highest BCUT2D eigenvalue weighted by Gasteiger charge is 2.15. The molecular formula is C16H22ClN3O. The van der Waals surface area contributed by atoms with Crippen LogP contribution in [0.4, 0.5) is 0 Å². The van der Waals surface area contributed by atoms with Crippen molar-refractivity contribution in [3.63, 3.8) is 0 Å². The number of nitrogens with zero attached hydrogens (tertiary/aromatic N) is 2. The van der Waals surface area contributed by atoms with Crippen molar-refractivity contribution in [2.45, 2.75) is 12.3 Å². The molecule has 1 aromatic heterocycles. The summed E-state index contributed by atoms with van der Waals surface area (Å²) in [6.07, 6.45) is 4.88. The van der Waals surface area contributed by atoms with Crippen LogP contribution in [0, 0.1) is 0 Å². The fourth-order valence-electron chi connectivity index (χ4n) is 2.41. The lowest BCUT2D eigenvalue weighted by Crippen LogP contribution is -2.26. The van der Waals surface area contributed by atoms with Crippen LogP contribution in [-0.2, 0) is 18.2 Å². The lowest BCUT2D eigenvalue weighted by molar-refractivity contribution is 0.199. The average Bonchev–Trinajstić information content (AvgIpc) is 2.88. The third-order valence-corrected chi connectivity index (χ3v) is 3.80. The number of halogens is 1. The first-order chi connectivity index (χ1) is 10.2. The third-order valence-electron chi connectivity index (χ3n) is 3.46. The first-order valence-electron chi connectivity index (χ1n) is 7.12. The van der Waals surface area contributed by atoms with Crippen LogP contribution in [-0.4, -0.2) is 36.6 Å². The highest BCUT2D eigenvalue weighted by atomic mass is 35.5. The number of ether oxygens (including phenoxy) is 1. The van der Waals surface area contributed by atoms with E-state index in [1.54, 1.807) is 7.11 Å². The normalized spacial score (nSPS) is 12.5. The van der Waals surface area contributed by atoms with Gasteiger partial charge in [-0.1, -0.05) is 29.8 Å². The summed E-state index contributed by atoms with van der Waals surface area (Å²) in [5, 5.41) is 8.49. The van der Waals surface area contributed by atoms with E-state index in [0.29, 0.717) is 12.5 Å². The summed E-state index contributed by atoms with van der Waals surface area (Å²) in [4.78, 5) is 0. The summed E-state index contributed by atoms with van der Waals surface area (Å²) in [5.41, 5.74) is 2.39. The minimum Gasteiger partial charge on any atom is -0.383 e. The van der Waals surface area contributed by atoms with E-state index >= 15 is 0 Å². The summed E-state index contributed by atoms with van der Waals surface area (Å²) in [5.74, 6) is 0.319. The van der Waals surface area contributed by atoms with Gasteiger partial charge in [-0.2, -0.15) is 5.10 Å². The molecule has 2 rings (SSSR count). The second kappa shape index (κ2) is 8.17. The van der Waals surface area contributed by atoms with Crippen LogP contribution in [0.1, 0.15) is 17.0 Å². The number of hydrogen-bond acceptors (Lipinski definition) is 3. The molecule has 0 bridgehead atoms. The van der Waals surface area contributed by atoms with Crippen LogP contribution in [0.5, 0.6) is 0 Å². The molecular weight excluding hydrogens is 286 g/mol. The van der Waals surface area contributed by atoms with Gasteiger partial charge in [0.2, 0.25) is 0 Å². The maximum absolute atomic E-state index is 6.36. The van der Waals surface area contributed by atoms with E-state index < -0.39 is 0 Å². The van der Waals surface area contributed by atoms with Gasteiger partial charge in [-0.3, -0.25) is 4.68 Å². The van der Waals surface area contributed by atoms with Gasteiger partial charge in [0.1, 0.15) is 0 Å². The quantitative estimate of drug-likeness (QED) is 0.762. The molecule has 0 fully saturated rings. The highest BCUT2D eigenvalue weighted by molar-refractivity contribution is 6.31. The molecule has 0 aliphatic heterocycles. The van der Waals surface area contributed by atoms with E-state index in [-0.39, 0.29) is 0 Å². The number of hydrogen-bond donors (Lipinski definition) is 1. The first kappa shape index (κ1) is 16.0. The molecule has 2 aromatic rings. The number of nitrogens with one attached hydrogen (secondary N) is 1. The van der Waals surface area contributed by atoms with Gasteiger partial charge in [0.25, 0.3) is 0 Å². The monoisotopic (exact) mass is 307 g/mol. The van der Waals surface area contributed by atoms with E-state index in [9.17, 15) is 0 Å². The molecule has 1 aromatic carbocycles. The van der Waals surface area contributed by atoms with Crippen LogP contribution < -0.4 is 5.32 Å². The Kier molecular flexibility index (Phi) is 6.23. The van der Waals surface area contributed by atoms with E-state index in [2.05, 4.69) is 22.7 Å². The molecule has 0 saturated heterocycles. The lowest BCUT2D eigenvalue weighted by atomic mass is 9.93. The van der Waals surface area contributed by atoms with Gasteiger partial charge in [-0.25, -0.2) is 0 Å². The highest BCUT2D eigenvalue weighted by Crippen LogP contribution is 2.27. The van der Waals surface area contributed by atoms with Gasteiger partial charge in [-0.05, 0) is 23.6 Å². The fourth-order valence-corrected chi connectivity index (χ4v) is 2.70. The van der Waals surface area contributed by atoms with Gasteiger partial charge >= 0.3 is 0 Å². The van der Waals surface area contributed by atoms with Crippen molar-refractivity contribution in [2.24, 2.45) is 7.05 Å². The maximum atomic E-state index is 6.36. The first-order valence-corrected chi connectivity index (χ1v) is 7.50. The largest absolute Gasteiger partial charge is 0.383 e. The maximum Gasteiger partial charge on any atom is 0.0587 e. The molecule has 4 nitrogen and oxygen atoms in total. The molecule has 0 aliphatic rings. The van der Waals surface area contributed by atoms with E-state index in [0.717, 1.165) is 24.5 Å². The molecule has 0 saturated carbocycles. The van der Waals surface area contributed by atoms with Crippen molar-refractivity contribution in [1.29, 1.82) is 0 Å². The van der Waals surface area contributed by atoms with Crippen molar-refractivity contribution in [2.75, 3.05) is 26.8 Å². The Morgan fingerprint density at radius 2 is 2.19 bits per heavy atom. The number of benzene rings is 1. The number of aryl methyl sites for hydroxylation is 1. The Morgan fingerprint density at radius 3 is 2.86 bits per heavy atom. The summed E-state index contributed by atoms with van der Waals surface area (Å²) in [6.45, 7) is 2.41. The molecule has 0 amide bonds. The summed E-state index contributed by atoms with van der Waals surface area (Å²) < 4.78 is 6.90. The Hall–Kier alpha value is -1.36. The van der Waals surface area contributed by atoms with Crippen LogP contribution in [0.25, 0.3) is 0 Å². The lowest BCUT2D eigenvalue weighted by Gasteiger charge is -2.19. The minimum atomic E-state index is 0.319. The van der Waals surface area contributed by atoms with Crippen molar-refractivity contribution in [3.8, 4) is 0 Å². The Bertz CT molecular complexity index is 556. The standard InChI is InChI=1S/C16H22ClN3O/c1-20-12-13(10-19-20)9-14(11-18-7-8-21-2)15-5-3-4-6-16(15)17/h3-6,10,12,14,18H,7-9,11H2,1-2H3. The molecule has 5 heteroatoms. The topological polar surface area (TPSA) is 39.1 Å². The zero-order chi connectivity index (χ0) is 15.1. The smallest absolute Gasteiger partial charge is 0.0587 e. The van der Waals surface area contributed by atoms with Gasteiger partial charge in [0, 0.05) is 44.4 Å². The van der Waals surface area contributed by atoms with Crippen LogP contribution >= 0.6 is 11.6 Å². The van der Waals surface area contributed by atoms with Crippen molar-refractivity contribution in [1.82, 2.24) is 15.1 Å². The Labute approximate surface area is 131 Å². The SMILES string of the molecule is COCCNCC(Cc1cnn(C)c1)c1ccccc1Cl. The van der Waals surface area contributed by atoms with Crippen molar-refractivity contribution < 1.29 is 4.74 Å². The third kappa shape index (κ3) is 4.84. The van der Waals surface area contributed by atoms with Crippen LogP contribution in [0.2, 0.25) is 5.02 Å². The predicted octanol–water partition coefficient (Wildman–Crippen LogP) is 2.64. The summed E-state index contributed by atoms with van der Waals surface area (Å²) in [7, 11) is 3.65. The number of rotatable bonds is 8. The molecule has 1 N–H and O–H groups in total. The number of aromatic nitrogens is 2. The van der Waals surface area contributed by atoms with E-state index in [1.807, 2.05) is 36.1 Å². The fraction of sp³-hybridized carbons (Fsp3) is 0.438. The van der Waals surface area contributed by atoms with Crippen LogP contribution in [0.15, 0.2) is 36.7 Å². The second-order valence-electron chi connectivity index (χ2n) is 5.14. The number of methoxy groups -OCH3 is 1. The molecule has 1 atom stereocenters. The summed E-state index contributed by atoms with van der Waals surface area (Å²) in [6, 6.07) is 8.04. The van der Waals surface area contributed by atoms with E-state index in [4.69, 9.17) is 16.3 Å². The minimum absolute atomic E-state index is 0.319. The Morgan fingerprint density at radius 1 is 1.38 bits per heavy atom. The molecule has 0 radical (unpaired) electrons. The van der Waals surface area contributed by atoms with Crippen molar-refractivity contribution >= 4 is 11.6 Å². The van der Waals surface area contributed by atoms with Crippen LogP contribution in [0.3, 0.4) is 0 Å². The van der Waals surface area contributed by atoms with Gasteiger partial charge in [0.05, 0.1) is 12.8 Å². The average molecular weight is 308 g/mol. The molecule has 114 valence electrons.